The maximum absolute atomic E-state index is 13.3. The van der Waals surface area contributed by atoms with E-state index in [4.69, 9.17) is 0 Å². The molecule has 1 fully saturated rings. The number of imide groups is 1. The number of carbonyl (C=O) groups is 3. The lowest BCUT2D eigenvalue weighted by Crippen LogP contribution is -2.30. The molecule has 0 radical (unpaired) electrons. The predicted octanol–water partition coefficient (Wildman–Crippen LogP) is 3.36. The Balaban J connectivity index is 1.50. The molecule has 1 heterocycles. The van der Waals surface area contributed by atoms with Gasteiger partial charge in [-0.2, -0.15) is 0 Å². The van der Waals surface area contributed by atoms with Crippen LogP contribution in [0.4, 0.5) is 10.1 Å². The summed E-state index contributed by atoms with van der Waals surface area (Å²) in [4.78, 5) is 36.2. The van der Waals surface area contributed by atoms with Gasteiger partial charge in [0.15, 0.2) is 0 Å². The molecular weight excluding hydrogens is 335 g/mol. The van der Waals surface area contributed by atoms with Crippen LogP contribution in [0, 0.1) is 5.82 Å². The van der Waals surface area contributed by atoms with E-state index in [2.05, 4.69) is 5.32 Å². The molecule has 1 N–H and O–H groups in total. The van der Waals surface area contributed by atoms with Gasteiger partial charge >= 0.3 is 0 Å². The summed E-state index contributed by atoms with van der Waals surface area (Å²) in [6.45, 7) is 0.281. The molecule has 0 spiro atoms. The monoisotopic (exact) mass is 354 g/mol. The van der Waals surface area contributed by atoms with Crippen LogP contribution in [0.5, 0.6) is 0 Å². The zero-order chi connectivity index (χ0) is 18.5. The summed E-state index contributed by atoms with van der Waals surface area (Å²) < 4.78 is 13.3. The predicted molar refractivity (Wildman–Crippen MR) is 95.7 cm³/mol. The average molecular weight is 354 g/mol. The molecular formula is C20H19FN2O3. The zero-order valence-electron chi connectivity index (χ0n) is 14.2. The molecule has 3 amide bonds. The molecule has 26 heavy (non-hydrogen) atoms. The van der Waals surface area contributed by atoms with E-state index in [-0.39, 0.29) is 49.3 Å². The van der Waals surface area contributed by atoms with Crippen LogP contribution < -0.4 is 5.32 Å². The van der Waals surface area contributed by atoms with E-state index in [1.807, 2.05) is 18.2 Å². The van der Waals surface area contributed by atoms with Gasteiger partial charge in [0.25, 0.3) is 0 Å². The second-order valence-electron chi connectivity index (χ2n) is 6.18. The maximum Gasteiger partial charge on any atom is 0.229 e. The second-order valence-corrected chi connectivity index (χ2v) is 6.18. The molecule has 2 aromatic rings. The molecule has 0 bridgehead atoms. The Hall–Kier alpha value is -3.02. The van der Waals surface area contributed by atoms with Crippen molar-refractivity contribution in [1.29, 1.82) is 0 Å². The van der Waals surface area contributed by atoms with E-state index in [9.17, 15) is 18.8 Å². The van der Waals surface area contributed by atoms with Crippen molar-refractivity contribution in [3.8, 4) is 11.1 Å². The normalized spacial score (nSPS) is 14.0. The maximum atomic E-state index is 13.3. The fourth-order valence-corrected chi connectivity index (χ4v) is 2.91. The van der Waals surface area contributed by atoms with Crippen LogP contribution in [0.1, 0.15) is 25.7 Å². The first-order valence-corrected chi connectivity index (χ1v) is 8.52. The highest BCUT2D eigenvalue weighted by Crippen LogP contribution is 2.22. The first kappa shape index (κ1) is 17.8. The number of hydrogen-bond donors (Lipinski definition) is 1. The number of likely N-dealkylation sites (tertiary alicyclic amines) is 1. The van der Waals surface area contributed by atoms with Crippen molar-refractivity contribution < 1.29 is 18.8 Å². The molecule has 0 unspecified atom stereocenters. The summed E-state index contributed by atoms with van der Waals surface area (Å²) in [5.74, 6) is -0.802. The lowest BCUT2D eigenvalue weighted by Gasteiger charge is -2.13. The number of rotatable bonds is 6. The van der Waals surface area contributed by atoms with Gasteiger partial charge in [-0.25, -0.2) is 4.39 Å². The zero-order valence-corrected chi connectivity index (χ0v) is 14.2. The summed E-state index contributed by atoms with van der Waals surface area (Å²) in [7, 11) is 0. The van der Waals surface area contributed by atoms with Gasteiger partial charge in [0.2, 0.25) is 17.7 Å². The van der Waals surface area contributed by atoms with E-state index in [0.29, 0.717) is 12.1 Å². The largest absolute Gasteiger partial charge is 0.326 e. The number of nitrogens with one attached hydrogen (secondary N) is 1. The summed E-state index contributed by atoms with van der Waals surface area (Å²) in [5, 5.41) is 2.78. The minimum absolute atomic E-state index is 0.164. The molecule has 0 atom stereocenters. The van der Waals surface area contributed by atoms with Crippen molar-refractivity contribution in [2.24, 2.45) is 0 Å². The topological polar surface area (TPSA) is 66.5 Å². The quantitative estimate of drug-likeness (QED) is 0.809. The molecule has 2 aromatic carbocycles. The number of anilines is 1. The Morgan fingerprint density at radius 2 is 1.69 bits per heavy atom. The van der Waals surface area contributed by atoms with Crippen LogP contribution in [0.15, 0.2) is 48.5 Å². The van der Waals surface area contributed by atoms with Gasteiger partial charge < -0.3 is 5.32 Å². The minimum atomic E-state index is -0.296. The molecule has 6 heteroatoms. The van der Waals surface area contributed by atoms with Crippen LogP contribution in [0.3, 0.4) is 0 Å². The molecule has 1 aliphatic rings. The SMILES string of the molecule is O=C(CCCN1C(=O)CCC1=O)Nc1ccc(-c2cccc(F)c2)cc1. The van der Waals surface area contributed by atoms with Crippen LogP contribution in [-0.2, 0) is 14.4 Å². The third kappa shape index (κ3) is 4.33. The van der Waals surface area contributed by atoms with Gasteiger partial charge in [0, 0.05) is 31.5 Å². The fraction of sp³-hybridized carbons (Fsp3) is 0.250. The first-order chi connectivity index (χ1) is 12.5. The Kier molecular flexibility index (Phi) is 5.41. The second kappa shape index (κ2) is 7.91. The Bertz CT molecular complexity index is 817. The molecule has 134 valence electrons. The van der Waals surface area contributed by atoms with Crippen LogP contribution in [-0.4, -0.2) is 29.2 Å². The number of amides is 3. The van der Waals surface area contributed by atoms with Crippen molar-refractivity contribution in [2.75, 3.05) is 11.9 Å². The van der Waals surface area contributed by atoms with Gasteiger partial charge in [-0.1, -0.05) is 24.3 Å². The van der Waals surface area contributed by atoms with Crippen molar-refractivity contribution in [3.05, 3.63) is 54.3 Å². The Labute approximate surface area is 150 Å². The van der Waals surface area contributed by atoms with Crippen molar-refractivity contribution >= 4 is 23.4 Å². The average Bonchev–Trinajstić information content (AvgIpc) is 2.94. The van der Waals surface area contributed by atoms with E-state index in [1.54, 1.807) is 18.2 Å². The third-order valence-corrected chi connectivity index (χ3v) is 4.27. The molecule has 0 aromatic heterocycles. The van der Waals surface area contributed by atoms with Gasteiger partial charge in [-0.3, -0.25) is 19.3 Å². The molecule has 1 aliphatic heterocycles. The molecule has 1 saturated heterocycles. The smallest absolute Gasteiger partial charge is 0.229 e. The highest BCUT2D eigenvalue weighted by molar-refractivity contribution is 6.02. The number of hydrogen-bond acceptors (Lipinski definition) is 3. The molecule has 0 saturated carbocycles. The van der Waals surface area contributed by atoms with Gasteiger partial charge in [-0.05, 0) is 41.8 Å². The Morgan fingerprint density at radius 1 is 1.00 bits per heavy atom. The van der Waals surface area contributed by atoms with Gasteiger partial charge in [-0.15, -0.1) is 0 Å². The summed E-state index contributed by atoms with van der Waals surface area (Å²) in [6.07, 6.45) is 1.19. The minimum Gasteiger partial charge on any atom is -0.326 e. The summed E-state index contributed by atoms with van der Waals surface area (Å²) in [6, 6.07) is 13.4. The van der Waals surface area contributed by atoms with E-state index < -0.39 is 0 Å². The van der Waals surface area contributed by atoms with Crippen LogP contribution in [0.25, 0.3) is 11.1 Å². The highest BCUT2D eigenvalue weighted by Gasteiger charge is 2.28. The molecule has 0 aliphatic carbocycles. The van der Waals surface area contributed by atoms with Crippen molar-refractivity contribution in [2.45, 2.75) is 25.7 Å². The lowest BCUT2D eigenvalue weighted by molar-refractivity contribution is -0.138. The standard InChI is InChI=1S/C20H19FN2O3/c21-16-4-1-3-15(13-16)14-6-8-17(9-7-14)22-18(24)5-2-12-23-19(25)10-11-20(23)26/h1,3-4,6-9,13H,2,5,10-12H2,(H,22,24). The van der Waals surface area contributed by atoms with Crippen molar-refractivity contribution in [3.63, 3.8) is 0 Å². The number of halogens is 1. The fourth-order valence-electron chi connectivity index (χ4n) is 2.91. The summed E-state index contributed by atoms with van der Waals surface area (Å²) >= 11 is 0. The highest BCUT2D eigenvalue weighted by atomic mass is 19.1. The van der Waals surface area contributed by atoms with Crippen LogP contribution >= 0.6 is 0 Å². The van der Waals surface area contributed by atoms with Crippen LogP contribution in [0.2, 0.25) is 0 Å². The third-order valence-electron chi connectivity index (χ3n) is 4.27. The summed E-state index contributed by atoms with van der Waals surface area (Å²) in [5.41, 5.74) is 2.26. The molecule has 5 nitrogen and oxygen atoms in total. The van der Waals surface area contributed by atoms with Gasteiger partial charge in [0.1, 0.15) is 5.82 Å². The first-order valence-electron chi connectivity index (χ1n) is 8.52. The Morgan fingerprint density at radius 3 is 2.35 bits per heavy atom. The molecule has 3 rings (SSSR count). The van der Waals surface area contributed by atoms with E-state index >= 15 is 0 Å². The number of benzene rings is 2. The van der Waals surface area contributed by atoms with E-state index in [1.165, 1.54) is 17.0 Å². The number of nitrogens with zero attached hydrogens (tertiary/aromatic N) is 1. The van der Waals surface area contributed by atoms with E-state index in [0.717, 1.165) is 11.1 Å². The number of carbonyl (C=O) groups excluding carboxylic acids is 3. The van der Waals surface area contributed by atoms with Crippen molar-refractivity contribution in [1.82, 2.24) is 4.90 Å². The van der Waals surface area contributed by atoms with Gasteiger partial charge in [0.05, 0.1) is 0 Å². The lowest BCUT2D eigenvalue weighted by atomic mass is 10.1.